The van der Waals surface area contributed by atoms with E-state index in [1.807, 2.05) is 17.0 Å². The van der Waals surface area contributed by atoms with Gasteiger partial charge in [-0.1, -0.05) is 0 Å². The van der Waals surface area contributed by atoms with Crippen LogP contribution in [-0.4, -0.2) is 70.4 Å². The van der Waals surface area contributed by atoms with Crippen LogP contribution in [0.5, 0.6) is 0 Å². The van der Waals surface area contributed by atoms with Crippen LogP contribution in [0.15, 0.2) is 28.2 Å². The number of thiazole rings is 1. The number of carbonyl (C=O) groups excluding carboxylic acids is 1. The average Bonchev–Trinajstić information content (AvgIpc) is 3.27. The minimum Gasteiger partial charge on any atom is -0.463 e. The Bertz CT molecular complexity index is 710. The molecule has 1 aliphatic rings. The molecule has 0 aliphatic carbocycles. The number of furan rings is 1. The molecule has 6 nitrogen and oxygen atoms in total. The first-order valence-electron chi connectivity index (χ1n) is 9.68. The number of hydrogen-bond acceptors (Lipinski definition) is 6. The van der Waals surface area contributed by atoms with Gasteiger partial charge in [-0.25, -0.2) is 4.98 Å². The summed E-state index contributed by atoms with van der Waals surface area (Å²) in [4.78, 5) is 24.0. The van der Waals surface area contributed by atoms with Gasteiger partial charge in [-0.3, -0.25) is 14.6 Å². The Kier molecular flexibility index (Phi) is 6.68. The van der Waals surface area contributed by atoms with E-state index in [1.165, 1.54) is 0 Å². The summed E-state index contributed by atoms with van der Waals surface area (Å²) in [5, 5.41) is 3.16. The molecule has 2 aromatic rings. The Morgan fingerprint density at radius 3 is 2.44 bits per heavy atom. The smallest absolute Gasteiger partial charge is 0.237 e. The second-order valence-electron chi connectivity index (χ2n) is 7.64. The van der Waals surface area contributed by atoms with Gasteiger partial charge in [0.2, 0.25) is 5.91 Å². The Morgan fingerprint density at radius 1 is 1.19 bits per heavy atom. The molecule has 0 N–H and O–H groups in total. The number of aromatic nitrogens is 1. The molecule has 1 fully saturated rings. The predicted molar refractivity (Wildman–Crippen MR) is 109 cm³/mol. The number of nitrogens with zero attached hydrogens (tertiary/aromatic N) is 4. The van der Waals surface area contributed by atoms with E-state index in [-0.39, 0.29) is 18.0 Å². The second-order valence-corrected chi connectivity index (χ2v) is 8.59. The van der Waals surface area contributed by atoms with E-state index in [0.717, 1.165) is 49.2 Å². The van der Waals surface area contributed by atoms with Gasteiger partial charge in [0.05, 0.1) is 19.4 Å². The average molecular weight is 391 g/mol. The number of rotatable bonds is 7. The highest BCUT2D eigenvalue weighted by atomic mass is 32.1. The fourth-order valence-corrected chi connectivity index (χ4v) is 4.49. The molecule has 0 spiro atoms. The minimum atomic E-state index is 0.233. The van der Waals surface area contributed by atoms with Gasteiger partial charge in [-0.2, -0.15) is 0 Å². The molecule has 148 valence electrons. The highest BCUT2D eigenvalue weighted by molar-refractivity contribution is 7.09. The zero-order valence-corrected chi connectivity index (χ0v) is 17.5. The quantitative estimate of drug-likeness (QED) is 0.727. The summed E-state index contributed by atoms with van der Waals surface area (Å²) in [6.45, 7) is 13.5. The third-order valence-corrected chi connectivity index (χ3v) is 5.74. The molecule has 3 heterocycles. The molecule has 7 heteroatoms. The summed E-state index contributed by atoms with van der Waals surface area (Å²) < 4.78 is 5.41. The number of amides is 1. The minimum absolute atomic E-state index is 0.233. The number of carbonyl (C=O) groups is 1. The standard InChI is InChI=1S/C20H30N4O2S/c1-15(2)24(16(3)4)20(25)13-23-9-7-22(8-10-23)12-19-21-17(14-27-19)18-6-5-11-26-18/h5-6,11,14-16H,7-10,12-13H2,1-4H3. The van der Waals surface area contributed by atoms with Crippen molar-refractivity contribution in [3.63, 3.8) is 0 Å². The van der Waals surface area contributed by atoms with Gasteiger partial charge in [0, 0.05) is 43.6 Å². The van der Waals surface area contributed by atoms with E-state index < -0.39 is 0 Å². The predicted octanol–water partition coefficient (Wildman–Crippen LogP) is 3.17. The van der Waals surface area contributed by atoms with E-state index in [9.17, 15) is 4.79 Å². The topological polar surface area (TPSA) is 52.8 Å². The summed E-state index contributed by atoms with van der Waals surface area (Å²) in [6, 6.07) is 4.31. The van der Waals surface area contributed by atoms with Gasteiger partial charge < -0.3 is 9.32 Å². The van der Waals surface area contributed by atoms with Crippen LogP contribution in [0.4, 0.5) is 0 Å². The van der Waals surface area contributed by atoms with Crippen molar-refractivity contribution < 1.29 is 9.21 Å². The maximum absolute atomic E-state index is 12.6. The fourth-order valence-electron chi connectivity index (χ4n) is 3.66. The maximum atomic E-state index is 12.6. The lowest BCUT2D eigenvalue weighted by Gasteiger charge is -2.37. The van der Waals surface area contributed by atoms with Crippen LogP contribution in [0.2, 0.25) is 0 Å². The highest BCUT2D eigenvalue weighted by Crippen LogP contribution is 2.23. The van der Waals surface area contributed by atoms with Crippen molar-refractivity contribution in [3.05, 3.63) is 28.8 Å². The van der Waals surface area contributed by atoms with E-state index >= 15 is 0 Å². The first-order chi connectivity index (χ1) is 12.9. The van der Waals surface area contributed by atoms with E-state index in [0.29, 0.717) is 6.54 Å². The van der Waals surface area contributed by atoms with E-state index in [1.54, 1.807) is 17.6 Å². The highest BCUT2D eigenvalue weighted by Gasteiger charge is 2.25. The largest absolute Gasteiger partial charge is 0.463 e. The Labute approximate surface area is 165 Å². The third-order valence-electron chi connectivity index (χ3n) is 4.91. The molecular weight excluding hydrogens is 360 g/mol. The summed E-state index contributed by atoms with van der Waals surface area (Å²) >= 11 is 1.68. The zero-order valence-electron chi connectivity index (χ0n) is 16.7. The zero-order chi connectivity index (χ0) is 19.4. The first kappa shape index (κ1) is 20.0. The molecule has 0 unspecified atom stereocenters. The lowest BCUT2D eigenvalue weighted by atomic mass is 10.2. The lowest BCUT2D eigenvalue weighted by Crippen LogP contribution is -2.52. The van der Waals surface area contributed by atoms with Crippen LogP contribution < -0.4 is 0 Å². The van der Waals surface area contributed by atoms with Crippen molar-refractivity contribution in [3.8, 4) is 11.5 Å². The molecule has 3 rings (SSSR count). The molecule has 1 aliphatic heterocycles. The SMILES string of the molecule is CC(C)N(C(=O)CN1CCN(Cc2nc(-c3ccco3)cs2)CC1)C(C)C. The number of hydrogen-bond donors (Lipinski definition) is 0. The Balaban J connectivity index is 1.47. The summed E-state index contributed by atoms with van der Waals surface area (Å²) in [7, 11) is 0. The molecule has 0 saturated carbocycles. The van der Waals surface area contributed by atoms with Crippen molar-refractivity contribution >= 4 is 17.2 Å². The molecule has 0 atom stereocenters. The summed E-state index contributed by atoms with van der Waals surface area (Å²) in [5.41, 5.74) is 0.909. The molecule has 0 aromatic carbocycles. The molecular formula is C20H30N4O2S. The molecule has 27 heavy (non-hydrogen) atoms. The van der Waals surface area contributed by atoms with Crippen molar-refractivity contribution in [2.45, 2.75) is 46.3 Å². The summed E-state index contributed by atoms with van der Waals surface area (Å²) in [6.07, 6.45) is 1.68. The van der Waals surface area contributed by atoms with Crippen LogP contribution in [0.25, 0.3) is 11.5 Å². The van der Waals surface area contributed by atoms with Gasteiger partial charge in [0.15, 0.2) is 5.76 Å². The normalized spacial score (nSPS) is 16.4. The van der Waals surface area contributed by atoms with Crippen LogP contribution in [0.1, 0.15) is 32.7 Å². The van der Waals surface area contributed by atoms with Crippen molar-refractivity contribution in [2.75, 3.05) is 32.7 Å². The van der Waals surface area contributed by atoms with Crippen molar-refractivity contribution in [1.82, 2.24) is 19.7 Å². The molecule has 2 aromatic heterocycles. The van der Waals surface area contributed by atoms with Gasteiger partial charge in [-0.15, -0.1) is 11.3 Å². The monoisotopic (exact) mass is 390 g/mol. The lowest BCUT2D eigenvalue weighted by molar-refractivity contribution is -0.136. The van der Waals surface area contributed by atoms with Gasteiger partial charge >= 0.3 is 0 Å². The summed E-state index contributed by atoms with van der Waals surface area (Å²) in [5.74, 6) is 1.05. The van der Waals surface area contributed by atoms with Crippen LogP contribution in [0, 0.1) is 0 Å². The van der Waals surface area contributed by atoms with Crippen LogP contribution in [0.3, 0.4) is 0 Å². The van der Waals surface area contributed by atoms with Gasteiger partial charge in [-0.05, 0) is 39.8 Å². The second kappa shape index (κ2) is 8.99. The Morgan fingerprint density at radius 2 is 1.85 bits per heavy atom. The van der Waals surface area contributed by atoms with Crippen molar-refractivity contribution in [2.24, 2.45) is 0 Å². The maximum Gasteiger partial charge on any atom is 0.237 e. The fraction of sp³-hybridized carbons (Fsp3) is 0.600. The van der Waals surface area contributed by atoms with Gasteiger partial charge in [0.1, 0.15) is 10.7 Å². The molecule has 1 saturated heterocycles. The first-order valence-corrected chi connectivity index (χ1v) is 10.6. The van der Waals surface area contributed by atoms with E-state index in [4.69, 9.17) is 4.42 Å². The van der Waals surface area contributed by atoms with Gasteiger partial charge in [0.25, 0.3) is 0 Å². The molecule has 0 bridgehead atoms. The number of piperazine rings is 1. The van der Waals surface area contributed by atoms with Crippen LogP contribution in [-0.2, 0) is 11.3 Å². The van der Waals surface area contributed by atoms with Crippen LogP contribution >= 0.6 is 11.3 Å². The van der Waals surface area contributed by atoms with Crippen molar-refractivity contribution in [1.29, 1.82) is 0 Å². The Hall–Kier alpha value is -1.70. The third kappa shape index (κ3) is 5.18. The van der Waals surface area contributed by atoms with E-state index in [2.05, 4.69) is 47.9 Å². The molecule has 1 amide bonds. The molecule has 0 radical (unpaired) electrons.